The largest absolute Gasteiger partial charge is 0.299 e. The summed E-state index contributed by atoms with van der Waals surface area (Å²) in [7, 11) is 0. The highest BCUT2D eigenvalue weighted by molar-refractivity contribution is 5.78. The molecule has 0 aromatic carbocycles. The fraction of sp³-hybridized carbons (Fsp3) is 0.833. The zero-order chi connectivity index (χ0) is 17.9. The van der Waals surface area contributed by atoms with Gasteiger partial charge in [-0.15, -0.1) is 0 Å². The number of Topliss-reactive ketones (excluding diaryl/α,β-unsaturated/α-hetero) is 3. The molecule has 138 valence electrons. The summed E-state index contributed by atoms with van der Waals surface area (Å²) < 4.78 is 0. The van der Waals surface area contributed by atoms with E-state index in [1.54, 1.807) is 20.8 Å². The molecule has 0 aromatic heterocycles. The summed E-state index contributed by atoms with van der Waals surface area (Å²) in [6.45, 7) is 11.3. The molecule has 0 spiro atoms. The van der Waals surface area contributed by atoms with E-state index in [9.17, 15) is 14.4 Å². The molecule has 0 atom stereocenters. The van der Waals surface area contributed by atoms with Crippen molar-refractivity contribution < 1.29 is 14.4 Å². The number of ketones is 3. The van der Waals surface area contributed by atoms with Gasteiger partial charge >= 0.3 is 0 Å². The van der Waals surface area contributed by atoms with Crippen LogP contribution in [0, 0.1) is 0 Å². The second-order valence-electron chi connectivity index (χ2n) is 7.00. The van der Waals surface area contributed by atoms with Crippen molar-refractivity contribution in [1.29, 1.82) is 0 Å². The molecule has 6 heteroatoms. The standard InChI is InChI=1S/C18H33N3O3/c1-16(22)13-19-7-5-4-6-8-20(14-17(2)23)10-12-21(11-9-19)15-18(3)24/h4-15H2,1-3H3. The second-order valence-corrected chi connectivity index (χ2v) is 7.00. The molecule has 0 amide bonds. The number of hydrogen-bond acceptors (Lipinski definition) is 6. The normalized spacial score (nSPS) is 20.1. The van der Waals surface area contributed by atoms with Crippen LogP contribution in [0.15, 0.2) is 0 Å². The van der Waals surface area contributed by atoms with E-state index in [4.69, 9.17) is 0 Å². The van der Waals surface area contributed by atoms with Crippen LogP contribution >= 0.6 is 0 Å². The Hall–Kier alpha value is -1.11. The van der Waals surface area contributed by atoms with Crippen LogP contribution in [0.3, 0.4) is 0 Å². The van der Waals surface area contributed by atoms with Crippen molar-refractivity contribution in [2.75, 3.05) is 58.9 Å². The predicted octanol–water partition coefficient (Wildman–Crippen LogP) is 0.843. The maximum atomic E-state index is 11.5. The first-order chi connectivity index (χ1) is 11.4. The first-order valence-corrected chi connectivity index (χ1v) is 9.02. The lowest BCUT2D eigenvalue weighted by Gasteiger charge is -2.30. The van der Waals surface area contributed by atoms with E-state index in [0.717, 1.165) is 58.5 Å². The van der Waals surface area contributed by atoms with E-state index in [0.29, 0.717) is 19.6 Å². The average molecular weight is 339 g/mol. The number of rotatable bonds is 6. The smallest absolute Gasteiger partial charge is 0.143 e. The number of nitrogens with zero attached hydrogens (tertiary/aromatic N) is 3. The van der Waals surface area contributed by atoms with E-state index >= 15 is 0 Å². The van der Waals surface area contributed by atoms with Crippen molar-refractivity contribution in [3.05, 3.63) is 0 Å². The van der Waals surface area contributed by atoms with Crippen LogP contribution < -0.4 is 0 Å². The Bertz CT molecular complexity index is 396. The summed E-state index contributed by atoms with van der Waals surface area (Å²) >= 11 is 0. The molecule has 0 aliphatic carbocycles. The van der Waals surface area contributed by atoms with Crippen molar-refractivity contribution in [2.24, 2.45) is 0 Å². The van der Waals surface area contributed by atoms with Crippen molar-refractivity contribution in [2.45, 2.75) is 40.0 Å². The highest BCUT2D eigenvalue weighted by atomic mass is 16.1. The highest BCUT2D eigenvalue weighted by Gasteiger charge is 2.16. The third-order valence-electron chi connectivity index (χ3n) is 4.25. The van der Waals surface area contributed by atoms with E-state index in [2.05, 4.69) is 14.7 Å². The van der Waals surface area contributed by atoms with E-state index in [-0.39, 0.29) is 17.3 Å². The molecule has 0 radical (unpaired) electrons. The van der Waals surface area contributed by atoms with E-state index in [1.807, 2.05) is 0 Å². The Labute approximate surface area is 146 Å². The Morgan fingerprint density at radius 2 is 0.833 bits per heavy atom. The summed E-state index contributed by atoms with van der Waals surface area (Å²) in [6.07, 6.45) is 3.24. The topological polar surface area (TPSA) is 60.9 Å². The van der Waals surface area contributed by atoms with Crippen molar-refractivity contribution in [3.63, 3.8) is 0 Å². The van der Waals surface area contributed by atoms with Gasteiger partial charge in [-0.05, 0) is 46.7 Å². The average Bonchev–Trinajstić information content (AvgIpc) is 2.45. The predicted molar refractivity (Wildman–Crippen MR) is 95.2 cm³/mol. The van der Waals surface area contributed by atoms with Gasteiger partial charge in [0, 0.05) is 26.2 Å². The number of carbonyl (C=O) groups is 3. The molecule has 1 fully saturated rings. The number of hydrogen-bond donors (Lipinski definition) is 0. The Kier molecular flexibility index (Phi) is 9.98. The molecule has 1 aliphatic rings. The van der Waals surface area contributed by atoms with Crippen LogP contribution in [0.1, 0.15) is 40.0 Å². The van der Waals surface area contributed by atoms with Gasteiger partial charge in [0.25, 0.3) is 0 Å². The van der Waals surface area contributed by atoms with Crippen molar-refractivity contribution in [3.8, 4) is 0 Å². The third kappa shape index (κ3) is 9.90. The van der Waals surface area contributed by atoms with Crippen LogP contribution in [-0.4, -0.2) is 91.0 Å². The minimum absolute atomic E-state index is 0.151. The van der Waals surface area contributed by atoms with Gasteiger partial charge < -0.3 is 0 Å². The lowest BCUT2D eigenvalue weighted by molar-refractivity contribution is -0.120. The van der Waals surface area contributed by atoms with Crippen LogP contribution in [0.2, 0.25) is 0 Å². The fourth-order valence-electron chi connectivity index (χ4n) is 3.17. The van der Waals surface area contributed by atoms with Gasteiger partial charge in [-0.3, -0.25) is 29.1 Å². The maximum Gasteiger partial charge on any atom is 0.143 e. The summed E-state index contributed by atoms with van der Waals surface area (Å²) in [5.74, 6) is 0.527. The van der Waals surface area contributed by atoms with E-state index in [1.165, 1.54) is 0 Å². The Balaban J connectivity index is 2.68. The molecule has 0 unspecified atom stereocenters. The molecule has 0 bridgehead atoms. The summed E-state index contributed by atoms with van der Waals surface area (Å²) in [5.41, 5.74) is 0. The number of carbonyl (C=O) groups excluding carboxylic acids is 3. The van der Waals surface area contributed by atoms with Crippen molar-refractivity contribution in [1.82, 2.24) is 14.7 Å². The minimum Gasteiger partial charge on any atom is -0.299 e. The van der Waals surface area contributed by atoms with Gasteiger partial charge in [-0.1, -0.05) is 6.42 Å². The molecular weight excluding hydrogens is 306 g/mol. The first kappa shape index (κ1) is 20.9. The molecule has 1 saturated heterocycles. The van der Waals surface area contributed by atoms with Crippen LogP contribution in [0.5, 0.6) is 0 Å². The molecular formula is C18H33N3O3. The van der Waals surface area contributed by atoms with Gasteiger partial charge in [-0.2, -0.15) is 0 Å². The van der Waals surface area contributed by atoms with Crippen LogP contribution in [0.25, 0.3) is 0 Å². The minimum atomic E-state index is 0.151. The third-order valence-corrected chi connectivity index (χ3v) is 4.25. The highest BCUT2D eigenvalue weighted by Crippen LogP contribution is 2.05. The molecule has 1 heterocycles. The SMILES string of the molecule is CC(=O)CN1CCCCCN(CC(C)=O)CCN(CC(C)=O)CC1. The monoisotopic (exact) mass is 339 g/mol. The zero-order valence-electron chi connectivity index (χ0n) is 15.6. The molecule has 0 saturated carbocycles. The van der Waals surface area contributed by atoms with Crippen LogP contribution in [-0.2, 0) is 14.4 Å². The quantitative estimate of drug-likeness (QED) is 0.715. The molecule has 6 nitrogen and oxygen atoms in total. The van der Waals surface area contributed by atoms with Crippen LogP contribution in [0.4, 0.5) is 0 Å². The Morgan fingerprint density at radius 1 is 0.542 bits per heavy atom. The molecule has 0 N–H and O–H groups in total. The molecule has 0 aromatic rings. The van der Waals surface area contributed by atoms with Gasteiger partial charge in [0.15, 0.2) is 0 Å². The van der Waals surface area contributed by atoms with Gasteiger partial charge in [0.05, 0.1) is 19.6 Å². The van der Waals surface area contributed by atoms with Gasteiger partial charge in [-0.25, -0.2) is 0 Å². The van der Waals surface area contributed by atoms with Gasteiger partial charge in [0.1, 0.15) is 17.3 Å². The van der Waals surface area contributed by atoms with Gasteiger partial charge in [0.2, 0.25) is 0 Å². The lowest BCUT2D eigenvalue weighted by atomic mass is 10.2. The summed E-state index contributed by atoms with van der Waals surface area (Å²) in [5, 5.41) is 0. The van der Waals surface area contributed by atoms with Crippen molar-refractivity contribution >= 4 is 17.3 Å². The first-order valence-electron chi connectivity index (χ1n) is 9.02. The fourth-order valence-corrected chi connectivity index (χ4v) is 3.17. The second kappa shape index (κ2) is 11.4. The maximum absolute atomic E-state index is 11.5. The lowest BCUT2D eigenvalue weighted by Crippen LogP contribution is -2.44. The molecule has 1 rings (SSSR count). The Morgan fingerprint density at radius 3 is 1.12 bits per heavy atom. The molecule has 1 aliphatic heterocycles. The summed E-state index contributed by atoms with van der Waals surface area (Å²) in [6, 6.07) is 0. The van der Waals surface area contributed by atoms with E-state index < -0.39 is 0 Å². The molecule has 24 heavy (non-hydrogen) atoms. The summed E-state index contributed by atoms with van der Waals surface area (Å²) in [4.78, 5) is 41.0. The zero-order valence-corrected chi connectivity index (χ0v) is 15.6.